The molecule has 0 unspecified atom stereocenters. The zero-order valence-electron chi connectivity index (χ0n) is 5.20. The van der Waals surface area contributed by atoms with Crippen LogP contribution in [-0.4, -0.2) is 9.38 Å². The number of rotatable bonds is 0. The lowest BCUT2D eigenvalue weighted by atomic mass is 10.4. The first-order valence-corrected chi connectivity index (χ1v) is 2.96. The van der Waals surface area contributed by atoms with Gasteiger partial charge in [0.2, 0.25) is 0 Å². The molecule has 2 aromatic rings. The fourth-order valence-electron chi connectivity index (χ4n) is 1.01. The zero-order chi connectivity index (χ0) is 6.97. The van der Waals surface area contributed by atoms with Gasteiger partial charge in [-0.05, 0) is 6.07 Å². The summed E-state index contributed by atoms with van der Waals surface area (Å²) in [5.74, 6) is 0. The Kier molecular flexibility index (Phi) is 0.842. The van der Waals surface area contributed by atoms with E-state index in [1.165, 1.54) is 0 Å². The van der Waals surface area contributed by atoms with Crippen LogP contribution in [0.1, 0.15) is 5.56 Å². The van der Waals surface area contributed by atoms with Crippen molar-refractivity contribution in [2.24, 2.45) is 0 Å². The summed E-state index contributed by atoms with van der Waals surface area (Å²) in [5.41, 5.74) is 1.55. The molecular weight excluding hydrogens is 126 g/mol. The largest absolute Gasteiger partial charge is 0.345 e. The molecule has 0 radical (unpaired) electrons. The Labute approximate surface area is 57.5 Å². The van der Waals surface area contributed by atoms with Gasteiger partial charge in [-0.25, -0.2) is 0 Å². The lowest BCUT2D eigenvalue weighted by Gasteiger charge is -1.78. The van der Waals surface area contributed by atoms with Crippen molar-refractivity contribution in [3.8, 4) is 6.07 Å². The SMILES string of the molecule is N#Cc1ccn2cc[nH]c12. The van der Waals surface area contributed by atoms with Gasteiger partial charge in [0.1, 0.15) is 11.7 Å². The molecule has 0 bridgehead atoms. The molecule has 0 atom stereocenters. The van der Waals surface area contributed by atoms with E-state index in [1.807, 2.05) is 16.8 Å². The third kappa shape index (κ3) is 0.477. The molecule has 10 heavy (non-hydrogen) atoms. The maximum Gasteiger partial charge on any atom is 0.132 e. The van der Waals surface area contributed by atoms with Crippen LogP contribution in [0, 0.1) is 11.3 Å². The molecule has 0 aliphatic heterocycles. The molecule has 0 saturated carbocycles. The Morgan fingerprint density at radius 3 is 3.20 bits per heavy atom. The van der Waals surface area contributed by atoms with Crippen molar-refractivity contribution in [1.82, 2.24) is 9.38 Å². The number of imidazole rings is 1. The minimum Gasteiger partial charge on any atom is -0.345 e. The molecule has 0 spiro atoms. The highest BCUT2D eigenvalue weighted by molar-refractivity contribution is 5.55. The molecule has 48 valence electrons. The number of fused-ring (bicyclic) bond motifs is 1. The number of nitrogens with zero attached hydrogens (tertiary/aromatic N) is 2. The molecule has 0 fully saturated rings. The first-order valence-electron chi connectivity index (χ1n) is 2.96. The van der Waals surface area contributed by atoms with E-state index in [1.54, 1.807) is 12.3 Å². The Morgan fingerprint density at radius 1 is 1.50 bits per heavy atom. The second-order valence-electron chi connectivity index (χ2n) is 2.06. The van der Waals surface area contributed by atoms with Crippen molar-refractivity contribution in [1.29, 1.82) is 5.26 Å². The number of hydrogen-bond donors (Lipinski definition) is 1. The second kappa shape index (κ2) is 1.64. The van der Waals surface area contributed by atoms with Crippen LogP contribution in [0.3, 0.4) is 0 Å². The van der Waals surface area contributed by atoms with E-state index >= 15 is 0 Å². The quantitative estimate of drug-likeness (QED) is 0.572. The highest BCUT2D eigenvalue weighted by Crippen LogP contribution is 2.07. The molecule has 0 aromatic carbocycles. The van der Waals surface area contributed by atoms with Gasteiger partial charge in [-0.2, -0.15) is 5.26 Å². The predicted molar refractivity (Wildman–Crippen MR) is 36.5 cm³/mol. The smallest absolute Gasteiger partial charge is 0.132 e. The minimum atomic E-state index is 0.685. The summed E-state index contributed by atoms with van der Waals surface area (Å²) < 4.78 is 1.87. The molecule has 2 aromatic heterocycles. The van der Waals surface area contributed by atoms with Gasteiger partial charge < -0.3 is 9.38 Å². The fraction of sp³-hybridized carbons (Fsp3) is 0. The van der Waals surface area contributed by atoms with Crippen LogP contribution < -0.4 is 0 Å². The van der Waals surface area contributed by atoms with Gasteiger partial charge in [-0.3, -0.25) is 0 Å². The minimum absolute atomic E-state index is 0.685. The van der Waals surface area contributed by atoms with Crippen LogP contribution in [0.2, 0.25) is 0 Å². The van der Waals surface area contributed by atoms with E-state index in [-0.39, 0.29) is 0 Å². The van der Waals surface area contributed by atoms with E-state index < -0.39 is 0 Å². The van der Waals surface area contributed by atoms with Crippen LogP contribution in [-0.2, 0) is 0 Å². The van der Waals surface area contributed by atoms with Crippen LogP contribution in [0.15, 0.2) is 24.7 Å². The highest BCUT2D eigenvalue weighted by Gasteiger charge is 1.98. The van der Waals surface area contributed by atoms with E-state index in [0.717, 1.165) is 5.65 Å². The van der Waals surface area contributed by atoms with Crippen LogP contribution >= 0.6 is 0 Å². The van der Waals surface area contributed by atoms with Gasteiger partial charge in [-0.1, -0.05) is 0 Å². The Hall–Kier alpha value is -1.69. The number of aromatic amines is 1. The van der Waals surface area contributed by atoms with Crippen LogP contribution in [0.25, 0.3) is 5.65 Å². The number of nitriles is 1. The average Bonchev–Trinajstić information content (AvgIpc) is 2.44. The van der Waals surface area contributed by atoms with E-state index in [0.29, 0.717) is 5.56 Å². The maximum absolute atomic E-state index is 8.56. The summed E-state index contributed by atoms with van der Waals surface area (Å²) in [6.45, 7) is 0. The standard InChI is InChI=1S/C7H5N3/c8-5-6-1-3-10-4-2-9-7(6)10/h1-4,9H. The van der Waals surface area contributed by atoms with Crippen molar-refractivity contribution >= 4 is 5.65 Å². The van der Waals surface area contributed by atoms with E-state index in [9.17, 15) is 0 Å². The molecule has 2 heterocycles. The molecule has 1 N–H and O–H groups in total. The number of aromatic nitrogens is 2. The summed E-state index contributed by atoms with van der Waals surface area (Å²) in [6, 6.07) is 3.87. The summed E-state index contributed by atoms with van der Waals surface area (Å²) >= 11 is 0. The predicted octanol–water partition coefficient (Wildman–Crippen LogP) is 1.14. The monoisotopic (exact) mass is 131 g/mol. The Bertz CT molecular complexity index is 388. The molecular formula is C7H5N3. The topological polar surface area (TPSA) is 44.0 Å². The van der Waals surface area contributed by atoms with Gasteiger partial charge in [0.05, 0.1) is 5.56 Å². The summed E-state index contributed by atoms with van der Waals surface area (Å²) in [6.07, 6.45) is 5.52. The summed E-state index contributed by atoms with van der Waals surface area (Å²) in [4.78, 5) is 2.96. The number of hydrogen-bond acceptors (Lipinski definition) is 1. The first kappa shape index (κ1) is 5.12. The summed E-state index contributed by atoms with van der Waals surface area (Å²) in [7, 11) is 0. The lowest BCUT2D eigenvalue weighted by Crippen LogP contribution is -1.72. The van der Waals surface area contributed by atoms with E-state index in [2.05, 4.69) is 11.1 Å². The molecule has 3 heteroatoms. The lowest BCUT2D eigenvalue weighted by molar-refractivity contribution is 1.23. The first-order chi connectivity index (χ1) is 4.92. The van der Waals surface area contributed by atoms with Gasteiger partial charge in [-0.15, -0.1) is 0 Å². The molecule has 0 saturated heterocycles. The second-order valence-corrected chi connectivity index (χ2v) is 2.06. The van der Waals surface area contributed by atoms with Crippen molar-refractivity contribution in [2.45, 2.75) is 0 Å². The number of nitrogens with one attached hydrogen (secondary N) is 1. The third-order valence-electron chi connectivity index (χ3n) is 1.49. The van der Waals surface area contributed by atoms with Gasteiger partial charge >= 0.3 is 0 Å². The molecule has 2 rings (SSSR count). The van der Waals surface area contributed by atoms with Crippen molar-refractivity contribution in [2.75, 3.05) is 0 Å². The fourth-order valence-corrected chi connectivity index (χ4v) is 1.01. The molecule has 0 aliphatic carbocycles. The van der Waals surface area contributed by atoms with Crippen molar-refractivity contribution in [3.63, 3.8) is 0 Å². The van der Waals surface area contributed by atoms with Gasteiger partial charge in [0.25, 0.3) is 0 Å². The molecule has 3 nitrogen and oxygen atoms in total. The maximum atomic E-state index is 8.56. The third-order valence-corrected chi connectivity index (χ3v) is 1.49. The van der Waals surface area contributed by atoms with Crippen LogP contribution in [0.4, 0.5) is 0 Å². The molecule has 0 amide bonds. The summed E-state index contributed by atoms with van der Waals surface area (Å²) in [5, 5.41) is 8.56. The average molecular weight is 131 g/mol. The van der Waals surface area contributed by atoms with Gasteiger partial charge in [0, 0.05) is 18.6 Å². The van der Waals surface area contributed by atoms with Crippen LogP contribution in [0.5, 0.6) is 0 Å². The number of H-pyrrole nitrogens is 1. The normalized spacial score (nSPS) is 9.90. The van der Waals surface area contributed by atoms with Gasteiger partial charge in [0.15, 0.2) is 0 Å². The Morgan fingerprint density at radius 2 is 2.40 bits per heavy atom. The highest BCUT2D eigenvalue weighted by atomic mass is 15.0. The Balaban J connectivity index is 2.92. The van der Waals surface area contributed by atoms with E-state index in [4.69, 9.17) is 5.26 Å². The van der Waals surface area contributed by atoms with Crippen molar-refractivity contribution < 1.29 is 0 Å². The van der Waals surface area contributed by atoms with Crippen molar-refractivity contribution in [3.05, 3.63) is 30.2 Å². The molecule has 0 aliphatic rings. The zero-order valence-corrected chi connectivity index (χ0v) is 5.20.